The number of hydrogen-bond donors (Lipinski definition) is 2. The van der Waals surface area contributed by atoms with Gasteiger partial charge in [-0.3, -0.25) is 9.69 Å². The van der Waals surface area contributed by atoms with E-state index in [0.29, 0.717) is 25.3 Å². The third kappa shape index (κ3) is 2.73. The molecule has 0 unspecified atom stereocenters. The van der Waals surface area contributed by atoms with Crippen LogP contribution >= 0.6 is 0 Å². The predicted molar refractivity (Wildman–Crippen MR) is 82.4 cm³/mol. The van der Waals surface area contributed by atoms with E-state index in [1.54, 1.807) is 24.3 Å². The first-order chi connectivity index (χ1) is 10.6. The first kappa shape index (κ1) is 14.7. The molecule has 1 aliphatic heterocycles. The number of anilines is 1. The van der Waals surface area contributed by atoms with Crippen LogP contribution in [0, 0.1) is 0 Å². The molecular weight excluding hydrogens is 282 g/mol. The first-order valence-electron chi connectivity index (χ1n) is 7.73. The smallest absolute Gasteiger partial charge is 0.325 e. The van der Waals surface area contributed by atoms with Crippen molar-refractivity contribution in [3.05, 3.63) is 24.3 Å². The van der Waals surface area contributed by atoms with Crippen molar-refractivity contribution >= 4 is 17.6 Å². The van der Waals surface area contributed by atoms with E-state index < -0.39 is 5.54 Å². The van der Waals surface area contributed by atoms with Gasteiger partial charge in [-0.25, -0.2) is 4.79 Å². The monoisotopic (exact) mass is 303 g/mol. The summed E-state index contributed by atoms with van der Waals surface area (Å²) in [5, 5.41) is 2.88. The van der Waals surface area contributed by atoms with Crippen molar-refractivity contribution in [2.45, 2.75) is 37.6 Å². The van der Waals surface area contributed by atoms with E-state index in [0.717, 1.165) is 31.4 Å². The van der Waals surface area contributed by atoms with Gasteiger partial charge < -0.3 is 15.8 Å². The minimum atomic E-state index is -0.616. The van der Waals surface area contributed by atoms with E-state index in [1.165, 1.54) is 4.90 Å². The Morgan fingerprint density at radius 3 is 2.55 bits per heavy atom. The standard InChI is InChI=1S/C16H21N3O3/c17-12-4-6-13(7-5-12)22-11-3-10-19-14(20)16(18-15(19)21)8-1-2-9-16/h4-7H,1-3,8-11,17H2,(H,18,21). The Morgan fingerprint density at radius 2 is 1.86 bits per heavy atom. The SMILES string of the molecule is Nc1ccc(OCCCN2C(=O)NC3(CCCC3)C2=O)cc1. The van der Waals surface area contributed by atoms with Gasteiger partial charge in [0.15, 0.2) is 0 Å². The van der Waals surface area contributed by atoms with Gasteiger partial charge in [0.05, 0.1) is 6.61 Å². The van der Waals surface area contributed by atoms with E-state index in [1.807, 2.05) is 0 Å². The molecule has 3 N–H and O–H groups in total. The third-order valence-electron chi connectivity index (χ3n) is 4.38. The van der Waals surface area contributed by atoms with Gasteiger partial charge in [0, 0.05) is 12.2 Å². The number of benzene rings is 1. The maximum Gasteiger partial charge on any atom is 0.325 e. The molecule has 2 fully saturated rings. The lowest BCUT2D eigenvalue weighted by atomic mass is 9.98. The summed E-state index contributed by atoms with van der Waals surface area (Å²) in [7, 11) is 0. The molecule has 6 nitrogen and oxygen atoms in total. The topological polar surface area (TPSA) is 84.7 Å². The summed E-state index contributed by atoms with van der Waals surface area (Å²) in [6, 6.07) is 6.89. The second-order valence-corrected chi connectivity index (χ2v) is 5.95. The summed E-state index contributed by atoms with van der Waals surface area (Å²) in [5.41, 5.74) is 5.68. The van der Waals surface area contributed by atoms with E-state index in [9.17, 15) is 9.59 Å². The molecule has 22 heavy (non-hydrogen) atoms. The molecule has 0 radical (unpaired) electrons. The number of amides is 3. The summed E-state index contributed by atoms with van der Waals surface area (Å²) in [4.78, 5) is 25.7. The highest BCUT2D eigenvalue weighted by Gasteiger charge is 2.51. The van der Waals surface area contributed by atoms with Gasteiger partial charge in [0.1, 0.15) is 11.3 Å². The first-order valence-corrected chi connectivity index (χ1v) is 7.73. The van der Waals surface area contributed by atoms with Crippen molar-refractivity contribution in [2.75, 3.05) is 18.9 Å². The average Bonchev–Trinajstić information content (AvgIpc) is 3.06. The zero-order valence-electron chi connectivity index (χ0n) is 12.5. The van der Waals surface area contributed by atoms with Crippen LogP contribution in [0.3, 0.4) is 0 Å². The Balaban J connectivity index is 1.48. The molecule has 1 heterocycles. The molecule has 1 saturated carbocycles. The Hall–Kier alpha value is -2.24. The van der Waals surface area contributed by atoms with E-state index in [2.05, 4.69) is 5.32 Å². The maximum atomic E-state index is 12.4. The number of hydrogen-bond acceptors (Lipinski definition) is 4. The molecule has 3 rings (SSSR count). The molecule has 1 saturated heterocycles. The zero-order chi connectivity index (χ0) is 15.6. The lowest BCUT2D eigenvalue weighted by Gasteiger charge is -2.20. The normalized spacial score (nSPS) is 19.7. The molecule has 6 heteroatoms. The summed E-state index contributed by atoms with van der Waals surface area (Å²) in [6.45, 7) is 0.843. The Bertz CT molecular complexity index is 565. The fourth-order valence-electron chi connectivity index (χ4n) is 3.17. The van der Waals surface area contributed by atoms with Crippen LogP contribution in [0.2, 0.25) is 0 Å². The Morgan fingerprint density at radius 1 is 1.18 bits per heavy atom. The lowest BCUT2D eigenvalue weighted by molar-refractivity contribution is -0.131. The van der Waals surface area contributed by atoms with Crippen molar-refractivity contribution in [1.82, 2.24) is 10.2 Å². The van der Waals surface area contributed by atoms with Crippen LogP contribution in [0.15, 0.2) is 24.3 Å². The average molecular weight is 303 g/mol. The van der Waals surface area contributed by atoms with Crippen molar-refractivity contribution in [1.29, 1.82) is 0 Å². The quantitative estimate of drug-likeness (QED) is 0.494. The lowest BCUT2D eigenvalue weighted by Crippen LogP contribution is -2.44. The largest absolute Gasteiger partial charge is 0.494 e. The van der Waals surface area contributed by atoms with Crippen molar-refractivity contribution in [2.24, 2.45) is 0 Å². The summed E-state index contributed by atoms with van der Waals surface area (Å²) in [6.07, 6.45) is 4.13. The number of nitrogens with zero attached hydrogens (tertiary/aromatic N) is 1. The molecule has 3 amide bonds. The Labute approximate surface area is 129 Å². The third-order valence-corrected chi connectivity index (χ3v) is 4.38. The number of ether oxygens (including phenoxy) is 1. The molecule has 1 aromatic carbocycles. The summed E-state index contributed by atoms with van der Waals surface area (Å²) >= 11 is 0. The number of urea groups is 1. The maximum absolute atomic E-state index is 12.4. The van der Waals surface area contributed by atoms with E-state index in [-0.39, 0.29) is 11.9 Å². The van der Waals surface area contributed by atoms with Crippen LogP contribution < -0.4 is 15.8 Å². The van der Waals surface area contributed by atoms with Gasteiger partial charge in [-0.15, -0.1) is 0 Å². The molecule has 1 spiro atoms. The van der Waals surface area contributed by atoms with Gasteiger partial charge in [-0.1, -0.05) is 12.8 Å². The number of nitrogens with one attached hydrogen (secondary N) is 1. The van der Waals surface area contributed by atoms with Gasteiger partial charge in [-0.05, 0) is 43.5 Å². The van der Waals surface area contributed by atoms with Crippen LogP contribution in [0.1, 0.15) is 32.1 Å². The Kier molecular flexibility index (Phi) is 3.92. The second-order valence-electron chi connectivity index (χ2n) is 5.95. The van der Waals surface area contributed by atoms with E-state index >= 15 is 0 Å². The molecule has 1 aliphatic carbocycles. The zero-order valence-corrected chi connectivity index (χ0v) is 12.5. The number of nitrogen functional groups attached to an aromatic ring is 1. The van der Waals surface area contributed by atoms with Gasteiger partial charge in [-0.2, -0.15) is 0 Å². The number of nitrogens with two attached hydrogens (primary N) is 1. The fraction of sp³-hybridized carbons (Fsp3) is 0.500. The van der Waals surface area contributed by atoms with Gasteiger partial charge >= 0.3 is 6.03 Å². The van der Waals surface area contributed by atoms with Crippen LogP contribution in [-0.2, 0) is 4.79 Å². The molecule has 1 aromatic rings. The minimum absolute atomic E-state index is 0.0671. The van der Waals surface area contributed by atoms with E-state index in [4.69, 9.17) is 10.5 Å². The van der Waals surface area contributed by atoms with Crippen molar-refractivity contribution in [3.63, 3.8) is 0 Å². The summed E-state index contributed by atoms with van der Waals surface area (Å²) in [5.74, 6) is 0.668. The minimum Gasteiger partial charge on any atom is -0.494 e. The highest BCUT2D eigenvalue weighted by atomic mass is 16.5. The molecular formula is C16H21N3O3. The fourth-order valence-corrected chi connectivity index (χ4v) is 3.17. The number of rotatable bonds is 5. The highest BCUT2D eigenvalue weighted by molar-refractivity contribution is 6.07. The number of imide groups is 1. The molecule has 2 aliphatic rings. The molecule has 0 atom stereocenters. The molecule has 0 bridgehead atoms. The van der Waals surface area contributed by atoms with Crippen LogP contribution in [0.4, 0.5) is 10.5 Å². The molecule has 118 valence electrons. The summed E-state index contributed by atoms with van der Waals surface area (Å²) < 4.78 is 5.58. The highest BCUT2D eigenvalue weighted by Crippen LogP contribution is 2.35. The number of carbonyl (C=O) groups is 2. The van der Waals surface area contributed by atoms with Crippen LogP contribution in [0.25, 0.3) is 0 Å². The number of carbonyl (C=O) groups excluding carboxylic acids is 2. The van der Waals surface area contributed by atoms with Crippen molar-refractivity contribution in [3.8, 4) is 5.75 Å². The second kappa shape index (κ2) is 5.87. The predicted octanol–water partition coefficient (Wildman–Crippen LogP) is 1.90. The molecule has 0 aromatic heterocycles. The van der Waals surface area contributed by atoms with Crippen LogP contribution in [0.5, 0.6) is 5.75 Å². The van der Waals surface area contributed by atoms with Crippen molar-refractivity contribution < 1.29 is 14.3 Å². The van der Waals surface area contributed by atoms with Crippen LogP contribution in [-0.4, -0.2) is 35.5 Å². The van der Waals surface area contributed by atoms with Gasteiger partial charge in [0.2, 0.25) is 0 Å². The van der Waals surface area contributed by atoms with Gasteiger partial charge in [0.25, 0.3) is 5.91 Å².